The highest BCUT2D eigenvalue weighted by atomic mass is 16.7. The van der Waals surface area contributed by atoms with E-state index in [0.29, 0.717) is 28.9 Å². The number of fused-ring (bicyclic) bond motifs is 6. The molecule has 2 aromatic carbocycles. The van der Waals surface area contributed by atoms with Gasteiger partial charge in [0.05, 0.1) is 5.57 Å². The van der Waals surface area contributed by atoms with E-state index in [-0.39, 0.29) is 23.2 Å². The molecule has 4 heteroatoms. The summed E-state index contributed by atoms with van der Waals surface area (Å²) in [5.74, 6) is -0.620. The molecular weight excluding hydrogens is 304 g/mol. The Morgan fingerprint density at radius 1 is 0.917 bits per heavy atom. The molecule has 0 aromatic heterocycles. The molecule has 0 amide bonds. The second kappa shape index (κ2) is 4.35. The average Bonchev–Trinajstić information content (AvgIpc) is 2.59. The van der Waals surface area contributed by atoms with Crippen molar-refractivity contribution in [2.24, 2.45) is 0 Å². The number of ketones is 2. The van der Waals surface area contributed by atoms with E-state index in [1.54, 1.807) is 24.3 Å². The van der Waals surface area contributed by atoms with Gasteiger partial charge < -0.3 is 9.47 Å². The van der Waals surface area contributed by atoms with E-state index in [4.69, 9.17) is 9.47 Å². The van der Waals surface area contributed by atoms with Crippen molar-refractivity contribution in [2.45, 2.75) is 25.0 Å². The Hall–Kier alpha value is -2.88. The second-order valence-electron chi connectivity index (χ2n) is 6.58. The third-order valence-electron chi connectivity index (χ3n) is 4.97. The van der Waals surface area contributed by atoms with Crippen molar-refractivity contribution in [3.8, 4) is 5.75 Å². The molecule has 2 bridgehead atoms. The summed E-state index contributed by atoms with van der Waals surface area (Å²) in [6.45, 7) is 1.82. The number of hydrogen-bond acceptors (Lipinski definition) is 4. The van der Waals surface area contributed by atoms with Crippen molar-refractivity contribution in [1.82, 2.24) is 0 Å². The summed E-state index contributed by atoms with van der Waals surface area (Å²) in [5.41, 5.74) is 2.26. The lowest BCUT2D eigenvalue weighted by atomic mass is 9.74. The van der Waals surface area contributed by atoms with Crippen LogP contribution >= 0.6 is 0 Å². The lowest BCUT2D eigenvalue weighted by Gasteiger charge is -2.45. The maximum absolute atomic E-state index is 13.1. The number of rotatable bonds is 0. The van der Waals surface area contributed by atoms with Crippen LogP contribution < -0.4 is 4.74 Å². The molecule has 0 unspecified atom stereocenters. The van der Waals surface area contributed by atoms with E-state index in [1.807, 2.05) is 31.2 Å². The van der Waals surface area contributed by atoms with E-state index in [2.05, 4.69) is 0 Å². The number of benzene rings is 2. The fourth-order valence-electron chi connectivity index (χ4n) is 3.94. The number of carbonyl (C=O) groups is 2. The zero-order valence-corrected chi connectivity index (χ0v) is 13.0. The second-order valence-corrected chi connectivity index (χ2v) is 6.58. The minimum atomic E-state index is -0.930. The largest absolute Gasteiger partial charge is 0.452 e. The van der Waals surface area contributed by atoms with Crippen LogP contribution in [0.2, 0.25) is 0 Å². The normalized spacial score (nSPS) is 26.8. The molecule has 3 aliphatic rings. The first-order chi connectivity index (χ1) is 11.6. The van der Waals surface area contributed by atoms with Gasteiger partial charge in [-0.1, -0.05) is 42.5 Å². The molecule has 2 aliphatic heterocycles. The molecule has 4 nitrogen and oxygen atoms in total. The molecule has 0 fully saturated rings. The Labute approximate surface area is 138 Å². The molecule has 1 aliphatic carbocycles. The van der Waals surface area contributed by atoms with Gasteiger partial charge in [-0.2, -0.15) is 0 Å². The Morgan fingerprint density at radius 3 is 2.38 bits per heavy atom. The number of allylic oxidation sites excluding steroid dienone is 2. The Balaban J connectivity index is 1.77. The molecule has 0 saturated carbocycles. The van der Waals surface area contributed by atoms with Gasteiger partial charge in [-0.3, -0.25) is 9.59 Å². The molecule has 2 heterocycles. The third-order valence-corrected chi connectivity index (χ3v) is 4.97. The standard InChI is InChI=1S/C20H14O4/c1-20-10-14(11-6-4-5-9-15(11)23-20)16-17(21)12-7-2-3-8-13(12)18(22)19(16)24-20/h2-9,14H,10H2,1H3/t14-,20+/m0/s1. The molecule has 5 rings (SSSR count). The lowest BCUT2D eigenvalue weighted by Crippen LogP contribution is -2.47. The lowest BCUT2D eigenvalue weighted by molar-refractivity contribution is -0.162. The highest BCUT2D eigenvalue weighted by Gasteiger charge is 2.51. The van der Waals surface area contributed by atoms with Crippen molar-refractivity contribution in [3.05, 3.63) is 76.6 Å². The number of hydrogen-bond donors (Lipinski definition) is 0. The Morgan fingerprint density at radius 2 is 1.58 bits per heavy atom. The topological polar surface area (TPSA) is 52.6 Å². The van der Waals surface area contributed by atoms with Crippen LogP contribution in [-0.4, -0.2) is 17.4 Å². The highest BCUT2D eigenvalue weighted by molar-refractivity contribution is 6.26. The summed E-state index contributed by atoms with van der Waals surface area (Å²) >= 11 is 0. The zero-order chi connectivity index (χ0) is 16.5. The van der Waals surface area contributed by atoms with Crippen molar-refractivity contribution in [2.75, 3.05) is 0 Å². The van der Waals surface area contributed by atoms with Gasteiger partial charge in [-0.25, -0.2) is 0 Å². The van der Waals surface area contributed by atoms with Crippen LogP contribution in [0.5, 0.6) is 5.75 Å². The van der Waals surface area contributed by atoms with Gasteiger partial charge >= 0.3 is 0 Å². The van der Waals surface area contributed by atoms with E-state index >= 15 is 0 Å². The zero-order valence-electron chi connectivity index (χ0n) is 13.0. The summed E-state index contributed by atoms with van der Waals surface area (Å²) in [5, 5.41) is 0. The summed E-state index contributed by atoms with van der Waals surface area (Å²) in [6.07, 6.45) is 0.518. The van der Waals surface area contributed by atoms with Crippen LogP contribution in [0.1, 0.15) is 45.5 Å². The average molecular weight is 318 g/mol. The number of ether oxygens (including phenoxy) is 2. The van der Waals surface area contributed by atoms with Crippen molar-refractivity contribution >= 4 is 11.6 Å². The molecule has 0 radical (unpaired) electrons. The minimum absolute atomic E-state index is 0.121. The van der Waals surface area contributed by atoms with Gasteiger partial charge in [0.2, 0.25) is 11.6 Å². The maximum Gasteiger partial charge on any atom is 0.249 e. The van der Waals surface area contributed by atoms with E-state index < -0.39 is 5.79 Å². The molecule has 24 heavy (non-hydrogen) atoms. The summed E-state index contributed by atoms with van der Waals surface area (Å²) in [7, 11) is 0. The smallest absolute Gasteiger partial charge is 0.249 e. The van der Waals surface area contributed by atoms with Crippen LogP contribution in [0, 0.1) is 0 Å². The minimum Gasteiger partial charge on any atom is -0.452 e. The third kappa shape index (κ3) is 1.63. The van der Waals surface area contributed by atoms with Gasteiger partial charge in [0, 0.05) is 36.0 Å². The SMILES string of the molecule is C[C@]12C[C@H](C3=C(O1)C(=O)c1ccccc1C3=O)c1ccccc1O2. The van der Waals surface area contributed by atoms with Crippen molar-refractivity contribution in [1.29, 1.82) is 0 Å². The van der Waals surface area contributed by atoms with Crippen molar-refractivity contribution in [3.63, 3.8) is 0 Å². The molecule has 0 spiro atoms. The first-order valence-corrected chi connectivity index (χ1v) is 7.97. The van der Waals surface area contributed by atoms with Gasteiger partial charge in [0.25, 0.3) is 0 Å². The van der Waals surface area contributed by atoms with Gasteiger partial charge in [-0.05, 0) is 6.07 Å². The number of carbonyl (C=O) groups excluding carboxylic acids is 2. The fraction of sp³-hybridized carbons (Fsp3) is 0.200. The monoisotopic (exact) mass is 318 g/mol. The van der Waals surface area contributed by atoms with E-state index in [0.717, 1.165) is 5.56 Å². The molecule has 2 atom stereocenters. The predicted molar refractivity (Wildman–Crippen MR) is 86.0 cm³/mol. The maximum atomic E-state index is 13.1. The summed E-state index contributed by atoms with van der Waals surface area (Å²) < 4.78 is 11.9. The van der Waals surface area contributed by atoms with Crippen molar-refractivity contribution < 1.29 is 19.1 Å². The predicted octanol–water partition coefficient (Wildman–Crippen LogP) is 3.63. The Kier molecular flexibility index (Phi) is 2.46. The van der Waals surface area contributed by atoms with Gasteiger partial charge in [0.1, 0.15) is 5.75 Å². The quantitative estimate of drug-likeness (QED) is 0.744. The van der Waals surface area contributed by atoms with Crippen LogP contribution in [0.4, 0.5) is 0 Å². The van der Waals surface area contributed by atoms with E-state index in [1.165, 1.54) is 0 Å². The van der Waals surface area contributed by atoms with Crippen LogP contribution in [-0.2, 0) is 4.74 Å². The van der Waals surface area contributed by atoms with Crippen LogP contribution in [0.15, 0.2) is 59.9 Å². The Bertz CT molecular complexity index is 956. The molecular formula is C20H14O4. The summed E-state index contributed by atoms with van der Waals surface area (Å²) in [6, 6.07) is 14.5. The number of para-hydroxylation sites is 1. The van der Waals surface area contributed by atoms with Gasteiger partial charge in [0.15, 0.2) is 11.5 Å². The van der Waals surface area contributed by atoms with Crippen LogP contribution in [0.3, 0.4) is 0 Å². The van der Waals surface area contributed by atoms with E-state index in [9.17, 15) is 9.59 Å². The van der Waals surface area contributed by atoms with Gasteiger partial charge in [-0.15, -0.1) is 0 Å². The summed E-state index contributed by atoms with van der Waals surface area (Å²) in [4.78, 5) is 26.0. The molecule has 0 N–H and O–H groups in total. The first-order valence-electron chi connectivity index (χ1n) is 7.97. The first kappa shape index (κ1) is 13.5. The molecule has 2 aromatic rings. The number of Topliss-reactive ketones (excluding diaryl/α,β-unsaturated/α-hetero) is 2. The molecule has 0 saturated heterocycles. The van der Waals surface area contributed by atoms with Crippen LogP contribution in [0.25, 0.3) is 0 Å². The highest BCUT2D eigenvalue weighted by Crippen LogP contribution is 2.52. The molecule has 118 valence electrons. The fourth-order valence-corrected chi connectivity index (χ4v) is 3.94.